The number of hydrogen-bond acceptors (Lipinski definition) is 6. The third kappa shape index (κ3) is 4.18. The van der Waals surface area contributed by atoms with E-state index in [0.29, 0.717) is 11.4 Å². The van der Waals surface area contributed by atoms with Crippen LogP contribution in [0.25, 0.3) is 5.65 Å². The van der Waals surface area contributed by atoms with Crippen molar-refractivity contribution < 1.29 is 18.7 Å². The molecule has 2 aromatic heterocycles. The van der Waals surface area contributed by atoms with Gasteiger partial charge in [0.25, 0.3) is 0 Å². The highest BCUT2D eigenvalue weighted by Gasteiger charge is 2.17. The Bertz CT molecular complexity index is 965. The number of halogens is 1. The van der Waals surface area contributed by atoms with E-state index >= 15 is 0 Å². The fraction of sp³-hybridized carbons (Fsp3) is 0.235. The molecule has 26 heavy (non-hydrogen) atoms. The molecular weight excluding hydrogens is 341 g/mol. The van der Waals surface area contributed by atoms with Gasteiger partial charge in [-0.05, 0) is 45.0 Å². The van der Waals surface area contributed by atoms with Crippen molar-refractivity contribution >= 4 is 17.7 Å². The topological polar surface area (TPSA) is 104 Å². The van der Waals surface area contributed by atoms with Crippen LogP contribution >= 0.6 is 0 Å². The fourth-order valence-electron chi connectivity index (χ4n) is 2.13. The standard InChI is InChI=1S/C17H18FN5O3/c1-17(2,3)21-16(24)26-13-8-10(4-6-12(13)18)25-11-5-7-14-20-15(19)22-23(14)9-11/h4-9H,1-3H3,(H2,19,22)(H,21,24). The molecule has 0 aliphatic carbocycles. The van der Waals surface area contributed by atoms with Gasteiger partial charge in [-0.2, -0.15) is 4.98 Å². The summed E-state index contributed by atoms with van der Waals surface area (Å²) < 4.78 is 26.1. The first kappa shape index (κ1) is 17.5. The lowest BCUT2D eigenvalue weighted by molar-refractivity contribution is 0.188. The molecule has 9 heteroatoms. The molecule has 0 fully saturated rings. The van der Waals surface area contributed by atoms with E-state index in [-0.39, 0.29) is 17.4 Å². The molecule has 2 heterocycles. The van der Waals surface area contributed by atoms with E-state index in [0.717, 1.165) is 6.07 Å². The molecule has 0 unspecified atom stereocenters. The van der Waals surface area contributed by atoms with Crippen molar-refractivity contribution in [3.8, 4) is 17.2 Å². The third-order valence-electron chi connectivity index (χ3n) is 3.14. The van der Waals surface area contributed by atoms with Crippen LogP contribution in [0.4, 0.5) is 15.1 Å². The molecule has 3 N–H and O–H groups in total. The average molecular weight is 359 g/mol. The highest BCUT2D eigenvalue weighted by molar-refractivity contribution is 5.71. The molecule has 0 radical (unpaired) electrons. The van der Waals surface area contributed by atoms with Gasteiger partial charge in [0, 0.05) is 11.6 Å². The largest absolute Gasteiger partial charge is 0.456 e. The molecule has 0 aliphatic heterocycles. The van der Waals surface area contributed by atoms with E-state index in [4.69, 9.17) is 15.2 Å². The minimum atomic E-state index is -0.756. The van der Waals surface area contributed by atoms with Crippen LogP contribution in [-0.2, 0) is 0 Å². The number of pyridine rings is 1. The van der Waals surface area contributed by atoms with Crippen molar-refractivity contribution in [1.29, 1.82) is 0 Å². The minimum Gasteiger partial charge on any atom is -0.456 e. The Morgan fingerprint density at radius 1 is 1.23 bits per heavy atom. The smallest absolute Gasteiger partial charge is 0.413 e. The number of amides is 1. The second-order valence-corrected chi connectivity index (χ2v) is 6.60. The Balaban J connectivity index is 1.78. The highest BCUT2D eigenvalue weighted by Crippen LogP contribution is 2.28. The van der Waals surface area contributed by atoms with Crippen LogP contribution in [0, 0.1) is 5.82 Å². The normalized spacial score (nSPS) is 11.4. The zero-order chi connectivity index (χ0) is 18.9. The summed E-state index contributed by atoms with van der Waals surface area (Å²) >= 11 is 0. The van der Waals surface area contributed by atoms with E-state index < -0.39 is 17.4 Å². The van der Waals surface area contributed by atoms with Crippen LogP contribution in [0.5, 0.6) is 17.2 Å². The van der Waals surface area contributed by atoms with Crippen LogP contribution in [-0.4, -0.2) is 26.2 Å². The average Bonchev–Trinajstić information content (AvgIpc) is 2.88. The van der Waals surface area contributed by atoms with Gasteiger partial charge >= 0.3 is 6.09 Å². The van der Waals surface area contributed by atoms with E-state index in [1.807, 2.05) is 0 Å². The summed E-state index contributed by atoms with van der Waals surface area (Å²) in [5.41, 5.74) is 5.60. The molecule has 3 rings (SSSR count). The zero-order valence-electron chi connectivity index (χ0n) is 14.5. The van der Waals surface area contributed by atoms with Gasteiger partial charge in [0.15, 0.2) is 17.2 Å². The number of carbonyl (C=O) groups is 1. The lowest BCUT2D eigenvalue weighted by atomic mass is 10.1. The summed E-state index contributed by atoms with van der Waals surface area (Å²) in [7, 11) is 0. The molecule has 1 amide bonds. The van der Waals surface area contributed by atoms with Crippen molar-refractivity contribution in [3.05, 3.63) is 42.3 Å². The molecule has 0 spiro atoms. The second kappa shape index (κ2) is 6.51. The van der Waals surface area contributed by atoms with Crippen LogP contribution < -0.4 is 20.5 Å². The number of hydrogen-bond donors (Lipinski definition) is 2. The molecule has 136 valence electrons. The summed E-state index contributed by atoms with van der Waals surface area (Å²) in [6.45, 7) is 5.37. The number of anilines is 1. The lowest BCUT2D eigenvalue weighted by Gasteiger charge is -2.20. The SMILES string of the molecule is CC(C)(C)NC(=O)Oc1cc(Oc2ccc3nc(N)nn3c2)ccc1F. The molecular formula is C17H18FN5O3. The molecule has 0 bridgehead atoms. The van der Waals surface area contributed by atoms with E-state index in [2.05, 4.69) is 15.4 Å². The van der Waals surface area contributed by atoms with Crippen molar-refractivity contribution in [2.45, 2.75) is 26.3 Å². The van der Waals surface area contributed by atoms with Gasteiger partial charge in [0.05, 0.1) is 6.20 Å². The van der Waals surface area contributed by atoms with Gasteiger partial charge in [0.2, 0.25) is 5.95 Å². The second-order valence-electron chi connectivity index (χ2n) is 6.60. The van der Waals surface area contributed by atoms with Gasteiger partial charge in [0.1, 0.15) is 11.5 Å². The number of nitrogens with zero attached hydrogens (tertiary/aromatic N) is 3. The van der Waals surface area contributed by atoms with Gasteiger partial charge in [-0.15, -0.1) is 5.10 Å². The summed E-state index contributed by atoms with van der Waals surface area (Å²) in [4.78, 5) is 15.8. The number of carbonyl (C=O) groups excluding carboxylic acids is 1. The number of fused-ring (bicyclic) bond motifs is 1. The van der Waals surface area contributed by atoms with Gasteiger partial charge in [-0.3, -0.25) is 0 Å². The van der Waals surface area contributed by atoms with Crippen molar-refractivity contribution in [1.82, 2.24) is 19.9 Å². The maximum absolute atomic E-state index is 13.9. The number of nitrogen functional groups attached to an aromatic ring is 1. The maximum atomic E-state index is 13.9. The van der Waals surface area contributed by atoms with Crippen LogP contribution in [0.3, 0.4) is 0 Å². The highest BCUT2D eigenvalue weighted by atomic mass is 19.1. The monoisotopic (exact) mass is 359 g/mol. The number of rotatable bonds is 3. The van der Waals surface area contributed by atoms with E-state index in [9.17, 15) is 9.18 Å². The number of nitrogens with one attached hydrogen (secondary N) is 1. The Morgan fingerprint density at radius 3 is 2.69 bits per heavy atom. The van der Waals surface area contributed by atoms with E-state index in [1.165, 1.54) is 16.6 Å². The van der Waals surface area contributed by atoms with E-state index in [1.54, 1.807) is 39.1 Å². The van der Waals surface area contributed by atoms with Crippen molar-refractivity contribution in [3.63, 3.8) is 0 Å². The van der Waals surface area contributed by atoms with Crippen molar-refractivity contribution in [2.24, 2.45) is 0 Å². The Kier molecular flexibility index (Phi) is 4.37. The molecule has 8 nitrogen and oxygen atoms in total. The van der Waals surface area contributed by atoms with Crippen molar-refractivity contribution in [2.75, 3.05) is 5.73 Å². The van der Waals surface area contributed by atoms with Gasteiger partial charge < -0.3 is 20.5 Å². The molecule has 0 saturated carbocycles. The molecule has 0 aliphatic rings. The first-order valence-electron chi connectivity index (χ1n) is 7.79. The number of nitrogens with two attached hydrogens (primary N) is 1. The summed E-state index contributed by atoms with van der Waals surface area (Å²) in [5.74, 6) is -0.0581. The Hall–Kier alpha value is -3.36. The number of benzene rings is 1. The Labute approximate surface area is 148 Å². The zero-order valence-corrected chi connectivity index (χ0v) is 14.5. The van der Waals surface area contributed by atoms with Crippen LogP contribution in [0.2, 0.25) is 0 Å². The summed E-state index contributed by atoms with van der Waals surface area (Å²) in [6.07, 6.45) is 0.822. The molecule has 3 aromatic rings. The fourth-order valence-corrected chi connectivity index (χ4v) is 2.13. The quantitative estimate of drug-likeness (QED) is 0.745. The maximum Gasteiger partial charge on any atom is 0.413 e. The summed E-state index contributed by atoms with van der Waals surface area (Å²) in [5, 5.41) is 6.57. The predicted octanol–water partition coefficient (Wildman–Crippen LogP) is 3.13. The lowest BCUT2D eigenvalue weighted by Crippen LogP contribution is -2.42. The van der Waals surface area contributed by atoms with Crippen LogP contribution in [0.15, 0.2) is 36.5 Å². The molecule has 1 aromatic carbocycles. The van der Waals surface area contributed by atoms with Crippen LogP contribution in [0.1, 0.15) is 20.8 Å². The minimum absolute atomic E-state index is 0.143. The first-order chi connectivity index (χ1) is 12.2. The number of ether oxygens (including phenoxy) is 2. The molecule has 0 atom stereocenters. The number of aromatic nitrogens is 3. The molecule has 0 saturated heterocycles. The summed E-state index contributed by atoms with van der Waals surface area (Å²) in [6, 6.07) is 7.21. The first-order valence-corrected chi connectivity index (χ1v) is 7.79. The van der Waals surface area contributed by atoms with Gasteiger partial charge in [-0.25, -0.2) is 13.7 Å². The third-order valence-corrected chi connectivity index (χ3v) is 3.14. The Morgan fingerprint density at radius 2 is 1.96 bits per heavy atom. The predicted molar refractivity (Wildman–Crippen MR) is 92.8 cm³/mol. The van der Waals surface area contributed by atoms with Gasteiger partial charge in [-0.1, -0.05) is 0 Å².